The van der Waals surface area contributed by atoms with Crippen LogP contribution in [0.15, 0.2) is 48.7 Å². The van der Waals surface area contributed by atoms with E-state index in [1.54, 1.807) is 27.5 Å². The maximum atomic E-state index is 5.34. The summed E-state index contributed by atoms with van der Waals surface area (Å²) in [7, 11) is 4.89. The fraction of sp³-hybridized carbons (Fsp3) is 0.167. The van der Waals surface area contributed by atoms with E-state index in [-0.39, 0.29) is 0 Å². The third-order valence-electron chi connectivity index (χ3n) is 3.61. The van der Waals surface area contributed by atoms with Crippen molar-refractivity contribution in [2.24, 2.45) is 0 Å². The molecule has 0 aliphatic rings. The van der Waals surface area contributed by atoms with Crippen LogP contribution in [0.3, 0.4) is 0 Å². The average Bonchev–Trinajstić information content (AvgIpc) is 2.61. The van der Waals surface area contributed by atoms with Gasteiger partial charge in [0.1, 0.15) is 5.75 Å². The first-order valence-electron chi connectivity index (χ1n) is 7.17. The third-order valence-corrected chi connectivity index (χ3v) is 3.61. The highest BCUT2D eigenvalue weighted by atomic mass is 16.5. The monoisotopic (exact) mass is 310 g/mol. The highest BCUT2D eigenvalue weighted by molar-refractivity contribution is 5.93. The van der Waals surface area contributed by atoms with Gasteiger partial charge in [-0.2, -0.15) is 0 Å². The van der Waals surface area contributed by atoms with E-state index in [1.165, 1.54) is 0 Å². The Morgan fingerprint density at radius 3 is 2.39 bits per heavy atom. The smallest absolute Gasteiger partial charge is 0.162 e. The van der Waals surface area contributed by atoms with Crippen molar-refractivity contribution in [3.8, 4) is 17.2 Å². The zero-order valence-electron chi connectivity index (χ0n) is 13.3. The largest absolute Gasteiger partial charge is 0.497 e. The van der Waals surface area contributed by atoms with E-state index >= 15 is 0 Å². The fourth-order valence-electron chi connectivity index (χ4n) is 2.43. The second kappa shape index (κ2) is 6.44. The molecule has 0 aliphatic carbocycles. The first-order valence-corrected chi connectivity index (χ1v) is 7.17. The molecule has 1 heterocycles. The lowest BCUT2D eigenvalue weighted by Crippen LogP contribution is -1.95. The molecule has 118 valence electrons. The van der Waals surface area contributed by atoms with Gasteiger partial charge in [-0.1, -0.05) is 0 Å². The van der Waals surface area contributed by atoms with Gasteiger partial charge in [0.05, 0.1) is 26.8 Å². The topological polar surface area (TPSA) is 52.6 Å². The van der Waals surface area contributed by atoms with E-state index in [1.807, 2.05) is 42.5 Å². The van der Waals surface area contributed by atoms with Gasteiger partial charge in [-0.3, -0.25) is 4.98 Å². The van der Waals surface area contributed by atoms with Crippen molar-refractivity contribution in [3.63, 3.8) is 0 Å². The molecular weight excluding hydrogens is 292 g/mol. The quantitative estimate of drug-likeness (QED) is 0.772. The summed E-state index contributed by atoms with van der Waals surface area (Å²) in [6.45, 7) is 0. The number of anilines is 2. The van der Waals surface area contributed by atoms with Gasteiger partial charge in [0.25, 0.3) is 0 Å². The number of ether oxygens (including phenoxy) is 3. The number of benzene rings is 2. The van der Waals surface area contributed by atoms with Gasteiger partial charge in [-0.05, 0) is 36.4 Å². The molecule has 23 heavy (non-hydrogen) atoms. The van der Waals surface area contributed by atoms with Crippen LogP contribution < -0.4 is 19.5 Å². The van der Waals surface area contributed by atoms with E-state index in [2.05, 4.69) is 10.3 Å². The Labute approximate surface area is 134 Å². The van der Waals surface area contributed by atoms with E-state index in [0.717, 1.165) is 28.0 Å². The van der Waals surface area contributed by atoms with Crippen LogP contribution in [0.2, 0.25) is 0 Å². The zero-order valence-corrected chi connectivity index (χ0v) is 13.3. The zero-order chi connectivity index (χ0) is 16.2. The molecule has 0 atom stereocenters. The third kappa shape index (κ3) is 2.99. The summed E-state index contributed by atoms with van der Waals surface area (Å²) < 4.78 is 15.9. The number of aromatic nitrogens is 1. The molecular formula is C18H18N2O3. The lowest BCUT2D eigenvalue weighted by atomic mass is 10.1. The van der Waals surface area contributed by atoms with Gasteiger partial charge < -0.3 is 19.5 Å². The Balaban J connectivity index is 2.01. The molecule has 5 nitrogen and oxygen atoms in total. The molecule has 0 spiro atoms. The Morgan fingerprint density at radius 1 is 0.826 bits per heavy atom. The maximum absolute atomic E-state index is 5.34. The van der Waals surface area contributed by atoms with Crippen LogP contribution in [-0.2, 0) is 0 Å². The van der Waals surface area contributed by atoms with Gasteiger partial charge in [0.2, 0.25) is 0 Å². The van der Waals surface area contributed by atoms with Crippen LogP contribution >= 0.6 is 0 Å². The summed E-state index contributed by atoms with van der Waals surface area (Å²) in [5.41, 5.74) is 2.75. The van der Waals surface area contributed by atoms with Crippen LogP contribution in [0, 0.1) is 0 Å². The summed E-state index contributed by atoms with van der Waals surface area (Å²) in [4.78, 5) is 4.38. The van der Waals surface area contributed by atoms with Crippen molar-refractivity contribution >= 4 is 22.3 Å². The first-order chi connectivity index (χ1) is 11.2. The Hall–Kier alpha value is -2.95. The van der Waals surface area contributed by atoms with Gasteiger partial charge >= 0.3 is 0 Å². The molecule has 1 N–H and O–H groups in total. The molecule has 1 aromatic heterocycles. The number of hydrogen-bond acceptors (Lipinski definition) is 5. The van der Waals surface area contributed by atoms with E-state index in [4.69, 9.17) is 14.2 Å². The summed E-state index contributed by atoms with van der Waals surface area (Å²) >= 11 is 0. The number of fused-ring (bicyclic) bond motifs is 1. The molecule has 0 saturated carbocycles. The van der Waals surface area contributed by atoms with Crippen molar-refractivity contribution in [1.82, 2.24) is 4.98 Å². The van der Waals surface area contributed by atoms with Crippen LogP contribution in [-0.4, -0.2) is 26.3 Å². The highest BCUT2D eigenvalue weighted by Gasteiger charge is 2.07. The number of methoxy groups -OCH3 is 3. The van der Waals surface area contributed by atoms with Crippen LogP contribution in [0.5, 0.6) is 17.2 Å². The van der Waals surface area contributed by atoms with Gasteiger partial charge in [0, 0.05) is 29.0 Å². The van der Waals surface area contributed by atoms with Crippen molar-refractivity contribution in [2.75, 3.05) is 26.6 Å². The molecule has 0 aliphatic heterocycles. The minimum absolute atomic E-state index is 0.674. The summed E-state index contributed by atoms with van der Waals surface area (Å²) in [5.74, 6) is 2.16. The molecule has 0 fully saturated rings. The Bertz CT molecular complexity index is 834. The van der Waals surface area contributed by atoms with Crippen LogP contribution in [0.1, 0.15) is 0 Å². The van der Waals surface area contributed by atoms with Gasteiger partial charge in [-0.25, -0.2) is 0 Å². The molecule has 3 rings (SSSR count). The van der Waals surface area contributed by atoms with Crippen molar-refractivity contribution in [2.45, 2.75) is 0 Å². The number of nitrogens with zero attached hydrogens (tertiary/aromatic N) is 1. The first kappa shape index (κ1) is 15.0. The van der Waals surface area contributed by atoms with Crippen molar-refractivity contribution < 1.29 is 14.2 Å². The highest BCUT2D eigenvalue weighted by Crippen LogP contribution is 2.33. The fourth-order valence-corrected chi connectivity index (χ4v) is 2.43. The van der Waals surface area contributed by atoms with Crippen LogP contribution in [0.25, 0.3) is 10.9 Å². The molecule has 3 aromatic rings. The molecule has 5 heteroatoms. The second-order valence-electron chi connectivity index (χ2n) is 4.94. The normalized spacial score (nSPS) is 10.4. The maximum Gasteiger partial charge on any atom is 0.162 e. The van der Waals surface area contributed by atoms with E-state index in [9.17, 15) is 0 Å². The number of rotatable bonds is 5. The van der Waals surface area contributed by atoms with Crippen LogP contribution in [0.4, 0.5) is 11.4 Å². The number of pyridine rings is 1. The number of hydrogen-bond donors (Lipinski definition) is 1. The summed E-state index contributed by atoms with van der Waals surface area (Å²) in [5, 5.41) is 4.38. The van der Waals surface area contributed by atoms with Crippen molar-refractivity contribution in [3.05, 3.63) is 48.7 Å². The predicted octanol–water partition coefficient (Wildman–Crippen LogP) is 4.00. The molecule has 0 amide bonds. The Morgan fingerprint density at radius 2 is 1.65 bits per heavy atom. The van der Waals surface area contributed by atoms with E-state index in [0.29, 0.717) is 11.5 Å². The lowest BCUT2D eigenvalue weighted by Gasteiger charge is -2.13. The molecule has 2 aromatic carbocycles. The average molecular weight is 310 g/mol. The Kier molecular flexibility index (Phi) is 4.19. The molecule has 0 bridgehead atoms. The summed E-state index contributed by atoms with van der Waals surface area (Å²) in [6, 6.07) is 13.4. The SMILES string of the molecule is COc1ccc2nccc(Nc3ccc(OC)c(OC)c3)c2c1. The van der Waals surface area contributed by atoms with Gasteiger partial charge in [-0.15, -0.1) is 0 Å². The van der Waals surface area contributed by atoms with Crippen molar-refractivity contribution in [1.29, 1.82) is 0 Å². The van der Waals surface area contributed by atoms with E-state index < -0.39 is 0 Å². The minimum Gasteiger partial charge on any atom is -0.497 e. The van der Waals surface area contributed by atoms with Gasteiger partial charge in [0.15, 0.2) is 11.5 Å². The lowest BCUT2D eigenvalue weighted by molar-refractivity contribution is 0.355. The molecule has 0 radical (unpaired) electrons. The summed E-state index contributed by atoms with van der Waals surface area (Å²) in [6.07, 6.45) is 1.78. The minimum atomic E-state index is 0.674. The molecule has 0 unspecified atom stereocenters. The molecule has 0 saturated heterocycles. The standard InChI is InChI=1S/C18H18N2O3/c1-21-13-5-6-15-14(11-13)16(8-9-19-15)20-12-4-7-17(22-2)18(10-12)23-3/h4-11H,1-3H3,(H,19,20). The second-order valence-corrected chi connectivity index (χ2v) is 4.94. The number of nitrogens with one attached hydrogen (secondary N) is 1. The predicted molar refractivity (Wildman–Crippen MR) is 91.1 cm³/mol.